The molecule has 7 nitrogen and oxygen atoms in total. The molecule has 158 valence electrons. The highest BCUT2D eigenvalue weighted by Gasteiger charge is 2.36. The second-order valence-corrected chi connectivity index (χ2v) is 6.70. The first-order valence-electron chi connectivity index (χ1n) is 9.41. The monoisotopic (exact) mass is 402 g/mol. The molecule has 1 unspecified atom stereocenters. The number of cyclic esters (lactones) is 1. The van der Waals surface area contributed by atoms with Crippen molar-refractivity contribution < 1.29 is 33.3 Å². The summed E-state index contributed by atoms with van der Waals surface area (Å²) >= 11 is 0. The zero-order valence-corrected chi connectivity index (χ0v) is 16.5. The zero-order valence-electron chi connectivity index (χ0n) is 16.5. The summed E-state index contributed by atoms with van der Waals surface area (Å²) in [6.07, 6.45) is -0.803. The van der Waals surface area contributed by atoms with E-state index < -0.39 is 29.4 Å². The van der Waals surface area contributed by atoms with Gasteiger partial charge in [-0.3, -0.25) is 4.90 Å². The van der Waals surface area contributed by atoms with E-state index in [4.69, 9.17) is 14.6 Å². The van der Waals surface area contributed by atoms with Gasteiger partial charge in [-0.2, -0.15) is 0 Å². The van der Waals surface area contributed by atoms with Crippen molar-refractivity contribution in [2.24, 2.45) is 0 Å². The summed E-state index contributed by atoms with van der Waals surface area (Å²) in [5, 5.41) is 19.4. The minimum Gasteiger partial charge on any atom is -0.441 e. The first-order valence-corrected chi connectivity index (χ1v) is 9.41. The molecule has 1 aromatic carbocycles. The number of ether oxygens (including phenoxy) is 2. The normalized spacial score (nSPS) is 21.2. The number of amides is 1. The van der Waals surface area contributed by atoms with Gasteiger partial charge in [-0.25, -0.2) is 13.6 Å². The third kappa shape index (κ3) is 4.71. The van der Waals surface area contributed by atoms with Crippen LogP contribution in [0.4, 0.5) is 25.0 Å². The van der Waals surface area contributed by atoms with E-state index in [-0.39, 0.29) is 44.2 Å². The Balaban J connectivity index is 0.00000136. The average molecular weight is 402 g/mol. The molecule has 2 aliphatic heterocycles. The number of piperidine rings is 1. The van der Waals surface area contributed by atoms with E-state index >= 15 is 0 Å². The van der Waals surface area contributed by atoms with Crippen molar-refractivity contribution in [1.82, 2.24) is 0 Å². The van der Waals surface area contributed by atoms with Crippen LogP contribution in [0.3, 0.4) is 0 Å². The van der Waals surface area contributed by atoms with E-state index in [1.54, 1.807) is 0 Å². The third-order valence-electron chi connectivity index (χ3n) is 4.81. The Hall–Kier alpha value is -1.97. The van der Waals surface area contributed by atoms with Gasteiger partial charge in [0.15, 0.2) is 11.6 Å². The molecule has 9 heteroatoms. The predicted molar refractivity (Wildman–Crippen MR) is 101 cm³/mol. The van der Waals surface area contributed by atoms with Gasteiger partial charge in [0.1, 0.15) is 11.8 Å². The van der Waals surface area contributed by atoms with Gasteiger partial charge in [0.25, 0.3) is 0 Å². The number of hydrogen-bond acceptors (Lipinski definition) is 6. The Morgan fingerprint density at radius 1 is 1.25 bits per heavy atom. The molecule has 28 heavy (non-hydrogen) atoms. The van der Waals surface area contributed by atoms with Crippen LogP contribution in [0.1, 0.15) is 26.7 Å². The average Bonchev–Trinajstić information content (AvgIpc) is 3.05. The summed E-state index contributed by atoms with van der Waals surface area (Å²) in [6, 6.07) is 2.16. The van der Waals surface area contributed by atoms with Crippen LogP contribution >= 0.6 is 0 Å². The molecular formula is C19H28F2N2O5. The molecule has 1 amide bonds. The van der Waals surface area contributed by atoms with Crippen molar-refractivity contribution in [3.63, 3.8) is 0 Å². The quantitative estimate of drug-likeness (QED) is 0.787. The number of hydrogen-bond donors (Lipinski definition) is 2. The van der Waals surface area contributed by atoms with Crippen molar-refractivity contribution in [3.8, 4) is 0 Å². The fourth-order valence-corrected chi connectivity index (χ4v) is 3.40. The maximum absolute atomic E-state index is 14.6. The van der Waals surface area contributed by atoms with E-state index in [1.165, 1.54) is 12.0 Å². The van der Waals surface area contributed by atoms with Crippen LogP contribution < -0.4 is 9.80 Å². The number of methoxy groups -OCH3 is 1. The second kappa shape index (κ2) is 9.49. The van der Waals surface area contributed by atoms with Gasteiger partial charge >= 0.3 is 6.09 Å². The molecule has 2 heterocycles. The smallest absolute Gasteiger partial charge is 0.414 e. The molecule has 3 rings (SSSR count). The van der Waals surface area contributed by atoms with Gasteiger partial charge in [-0.15, -0.1) is 0 Å². The maximum atomic E-state index is 14.6. The Bertz CT molecular complexity index is 657. The summed E-state index contributed by atoms with van der Waals surface area (Å²) in [5.74, 6) is -1.59. The molecule has 0 saturated carbocycles. The van der Waals surface area contributed by atoms with Crippen LogP contribution in [0.5, 0.6) is 0 Å². The number of rotatable bonds is 5. The number of aliphatic hydroxyl groups excluding tert-OH is 1. The molecule has 0 radical (unpaired) electrons. The van der Waals surface area contributed by atoms with Gasteiger partial charge in [-0.05, 0) is 12.8 Å². The highest BCUT2D eigenvalue weighted by atomic mass is 19.1. The molecule has 0 aliphatic carbocycles. The summed E-state index contributed by atoms with van der Waals surface area (Å²) in [7, 11) is 1.49. The maximum Gasteiger partial charge on any atom is 0.414 e. The lowest BCUT2D eigenvalue weighted by molar-refractivity contribution is -0.0473. The molecule has 2 fully saturated rings. The molecule has 0 aromatic heterocycles. The molecule has 1 atom stereocenters. The standard InChI is InChI=1S/C17H22F2N2O5.C2H6/c1-25-10-17(24)2-4-20(5-3-17)15-13(18)6-11(7-14(15)19)21-8-12(9-22)26-16(21)23;1-2/h6-7,12,22,24H,2-5,8-10H2,1H3;1-2H3. The molecule has 0 spiro atoms. The zero-order chi connectivity index (χ0) is 20.9. The SMILES string of the molecule is CC.COCC1(O)CCN(c2c(F)cc(N3CC(CO)OC3=O)cc2F)CC1. The summed E-state index contributed by atoms with van der Waals surface area (Å²) in [5.41, 5.74) is -1.13. The fourth-order valence-electron chi connectivity index (χ4n) is 3.40. The first kappa shape index (κ1) is 22.3. The molecule has 1 aromatic rings. The molecular weight excluding hydrogens is 374 g/mol. The van der Waals surface area contributed by atoms with Gasteiger partial charge in [0, 0.05) is 32.3 Å². The van der Waals surface area contributed by atoms with E-state index in [0.717, 1.165) is 17.0 Å². The van der Waals surface area contributed by atoms with Gasteiger partial charge in [0.05, 0.1) is 31.0 Å². The highest BCUT2D eigenvalue weighted by molar-refractivity contribution is 5.90. The van der Waals surface area contributed by atoms with Gasteiger partial charge in [-0.1, -0.05) is 13.8 Å². The van der Waals surface area contributed by atoms with Crippen LogP contribution in [0.25, 0.3) is 0 Å². The molecule has 2 saturated heterocycles. The number of halogens is 2. The Labute approximate surface area is 163 Å². The lowest BCUT2D eigenvalue weighted by Gasteiger charge is -2.39. The molecule has 0 bridgehead atoms. The topological polar surface area (TPSA) is 82.5 Å². The highest BCUT2D eigenvalue weighted by Crippen LogP contribution is 2.34. The minimum absolute atomic E-state index is 0.0291. The summed E-state index contributed by atoms with van der Waals surface area (Å²) in [4.78, 5) is 14.4. The van der Waals surface area contributed by atoms with Crippen LogP contribution in [-0.4, -0.2) is 68.0 Å². The molecule has 2 aliphatic rings. The summed E-state index contributed by atoms with van der Waals surface area (Å²) in [6.45, 7) is 4.41. The fraction of sp³-hybridized carbons (Fsp3) is 0.632. The van der Waals surface area contributed by atoms with Crippen LogP contribution in [-0.2, 0) is 9.47 Å². The number of nitrogens with zero attached hydrogens (tertiary/aromatic N) is 2. The van der Waals surface area contributed by atoms with Crippen LogP contribution in [0.2, 0.25) is 0 Å². The number of anilines is 2. The predicted octanol–water partition coefficient (Wildman–Crippen LogP) is 2.29. The summed E-state index contributed by atoms with van der Waals surface area (Å²) < 4.78 is 39.1. The van der Waals surface area contributed by atoms with E-state index in [9.17, 15) is 18.7 Å². The van der Waals surface area contributed by atoms with Crippen molar-refractivity contribution in [1.29, 1.82) is 0 Å². The lowest BCUT2D eigenvalue weighted by Crippen LogP contribution is -2.47. The van der Waals surface area contributed by atoms with E-state index in [1.807, 2.05) is 13.8 Å². The van der Waals surface area contributed by atoms with Gasteiger partial charge < -0.3 is 24.6 Å². The van der Waals surface area contributed by atoms with E-state index in [0.29, 0.717) is 12.8 Å². The second-order valence-electron chi connectivity index (χ2n) is 6.70. The minimum atomic E-state index is -0.989. The van der Waals surface area contributed by atoms with Crippen molar-refractivity contribution in [3.05, 3.63) is 23.8 Å². The Morgan fingerprint density at radius 3 is 2.29 bits per heavy atom. The Kier molecular flexibility index (Phi) is 7.56. The number of carbonyl (C=O) groups is 1. The number of benzene rings is 1. The largest absolute Gasteiger partial charge is 0.441 e. The van der Waals surface area contributed by atoms with Crippen LogP contribution in [0, 0.1) is 11.6 Å². The third-order valence-corrected chi connectivity index (χ3v) is 4.81. The molecule has 2 N–H and O–H groups in total. The van der Waals surface area contributed by atoms with E-state index in [2.05, 4.69) is 0 Å². The number of carbonyl (C=O) groups excluding carboxylic acids is 1. The van der Waals surface area contributed by atoms with Crippen molar-refractivity contribution >= 4 is 17.5 Å². The Morgan fingerprint density at radius 2 is 1.82 bits per heavy atom. The van der Waals surface area contributed by atoms with Crippen molar-refractivity contribution in [2.45, 2.75) is 38.4 Å². The lowest BCUT2D eigenvalue weighted by atomic mass is 9.92. The van der Waals surface area contributed by atoms with Crippen molar-refractivity contribution in [2.75, 3.05) is 49.8 Å². The first-order chi connectivity index (χ1) is 13.4. The number of aliphatic hydroxyl groups is 2. The van der Waals surface area contributed by atoms with Gasteiger partial charge in [0.2, 0.25) is 0 Å². The van der Waals surface area contributed by atoms with Crippen LogP contribution in [0.15, 0.2) is 12.1 Å².